The molecule has 21 heavy (non-hydrogen) atoms. The van der Waals surface area contributed by atoms with E-state index < -0.39 is 0 Å². The topological polar surface area (TPSA) is 38.5 Å². The summed E-state index contributed by atoms with van der Waals surface area (Å²) in [5, 5.41) is 2.59. The fourth-order valence-electron chi connectivity index (χ4n) is 3.18. The Morgan fingerprint density at radius 2 is 2.05 bits per heavy atom. The van der Waals surface area contributed by atoms with Gasteiger partial charge in [-0.05, 0) is 24.8 Å². The normalized spacial score (nSPS) is 19.8. The zero-order valence-electron chi connectivity index (χ0n) is 12.7. The Hall–Kier alpha value is -1.58. The molecule has 0 spiro atoms. The number of anilines is 1. The lowest BCUT2D eigenvalue weighted by atomic mass is 9.99. The Balaban J connectivity index is 1.84. The van der Waals surface area contributed by atoms with E-state index in [1.807, 2.05) is 0 Å². The highest BCUT2D eigenvalue weighted by Crippen LogP contribution is 2.27. The first-order valence-corrected chi connectivity index (χ1v) is 7.85. The van der Waals surface area contributed by atoms with Crippen LogP contribution in [0.25, 0.3) is 10.8 Å². The lowest BCUT2D eigenvalue weighted by Gasteiger charge is -2.29. The van der Waals surface area contributed by atoms with Crippen molar-refractivity contribution < 1.29 is 4.74 Å². The molecule has 1 aliphatic heterocycles. The Morgan fingerprint density at radius 1 is 1.24 bits per heavy atom. The summed E-state index contributed by atoms with van der Waals surface area (Å²) in [5.41, 5.74) is 7.70. The van der Waals surface area contributed by atoms with Crippen LogP contribution in [0.5, 0.6) is 0 Å². The number of likely N-dealkylation sites (N-methyl/N-ethyl adjacent to an activating group) is 1. The highest BCUT2D eigenvalue weighted by molar-refractivity contribution is 5.94. The smallest absolute Gasteiger partial charge is 0.0510 e. The number of rotatable bonds is 5. The number of fused-ring (bicyclic) bond motifs is 1. The van der Waals surface area contributed by atoms with Crippen LogP contribution in [-0.4, -0.2) is 32.3 Å². The van der Waals surface area contributed by atoms with Gasteiger partial charge in [0.15, 0.2) is 0 Å². The fourth-order valence-corrected chi connectivity index (χ4v) is 3.18. The second-order valence-corrected chi connectivity index (χ2v) is 5.82. The van der Waals surface area contributed by atoms with Gasteiger partial charge in [0, 0.05) is 42.7 Å². The summed E-state index contributed by atoms with van der Waals surface area (Å²) in [5.74, 6) is 0.494. The molecule has 1 saturated heterocycles. The van der Waals surface area contributed by atoms with Crippen LogP contribution in [0.2, 0.25) is 0 Å². The van der Waals surface area contributed by atoms with Gasteiger partial charge in [0.1, 0.15) is 0 Å². The van der Waals surface area contributed by atoms with Crippen molar-refractivity contribution in [3.8, 4) is 0 Å². The maximum Gasteiger partial charge on any atom is 0.0510 e. The molecule has 1 fully saturated rings. The van der Waals surface area contributed by atoms with Crippen molar-refractivity contribution in [2.24, 2.45) is 11.7 Å². The average molecular weight is 284 g/mol. The Morgan fingerprint density at radius 3 is 2.81 bits per heavy atom. The molecule has 1 heterocycles. The fraction of sp³-hybridized carbons (Fsp3) is 0.444. The molecule has 0 amide bonds. The van der Waals surface area contributed by atoms with E-state index in [2.05, 4.69) is 54.3 Å². The first-order valence-electron chi connectivity index (χ1n) is 7.85. The molecule has 1 aliphatic rings. The van der Waals surface area contributed by atoms with Crippen LogP contribution >= 0.6 is 0 Å². The molecular weight excluding hydrogens is 260 g/mol. The number of nitrogens with zero attached hydrogens (tertiary/aromatic N) is 1. The number of hydrogen-bond donors (Lipinski definition) is 1. The predicted octanol–water partition coefficient (Wildman–Crippen LogP) is 3.03. The van der Waals surface area contributed by atoms with E-state index in [-0.39, 0.29) is 6.04 Å². The minimum Gasteiger partial charge on any atom is -0.381 e. The van der Waals surface area contributed by atoms with E-state index >= 15 is 0 Å². The third kappa shape index (κ3) is 3.04. The van der Waals surface area contributed by atoms with Gasteiger partial charge in [-0.15, -0.1) is 0 Å². The molecule has 3 rings (SSSR count). The van der Waals surface area contributed by atoms with Crippen LogP contribution in [0, 0.1) is 5.92 Å². The van der Waals surface area contributed by atoms with Crippen molar-refractivity contribution in [3.05, 3.63) is 42.5 Å². The van der Waals surface area contributed by atoms with Crippen molar-refractivity contribution in [2.75, 3.05) is 31.2 Å². The van der Waals surface area contributed by atoms with Gasteiger partial charge in [-0.1, -0.05) is 36.4 Å². The summed E-state index contributed by atoms with van der Waals surface area (Å²) >= 11 is 0. The van der Waals surface area contributed by atoms with E-state index in [1.54, 1.807) is 0 Å². The summed E-state index contributed by atoms with van der Waals surface area (Å²) in [6, 6.07) is 15.2. The molecule has 0 saturated carbocycles. The van der Waals surface area contributed by atoms with E-state index in [0.717, 1.165) is 32.7 Å². The minimum atomic E-state index is 0.173. The molecule has 0 aromatic heterocycles. The molecule has 2 atom stereocenters. The molecule has 0 aliphatic carbocycles. The van der Waals surface area contributed by atoms with Gasteiger partial charge in [0.2, 0.25) is 0 Å². The van der Waals surface area contributed by atoms with E-state index in [0.29, 0.717) is 5.92 Å². The molecule has 2 N–H and O–H groups in total. The Bertz CT molecular complexity index is 587. The van der Waals surface area contributed by atoms with Crippen molar-refractivity contribution in [1.82, 2.24) is 0 Å². The van der Waals surface area contributed by atoms with Gasteiger partial charge < -0.3 is 15.4 Å². The van der Waals surface area contributed by atoms with Crippen LogP contribution in [0.4, 0.5) is 5.69 Å². The Labute approximate surface area is 126 Å². The summed E-state index contributed by atoms with van der Waals surface area (Å²) in [7, 11) is 0. The molecular formula is C18H24N2O. The maximum absolute atomic E-state index is 6.42. The molecule has 2 unspecified atom stereocenters. The first-order chi connectivity index (χ1) is 10.3. The first kappa shape index (κ1) is 14.4. The van der Waals surface area contributed by atoms with Gasteiger partial charge in [-0.2, -0.15) is 0 Å². The average Bonchev–Trinajstić information content (AvgIpc) is 3.06. The SMILES string of the molecule is CCN(CC(N)C1CCOC1)c1cccc2ccccc12. The maximum atomic E-state index is 6.42. The summed E-state index contributed by atoms with van der Waals surface area (Å²) in [4.78, 5) is 2.39. The van der Waals surface area contributed by atoms with E-state index in [1.165, 1.54) is 16.5 Å². The highest BCUT2D eigenvalue weighted by atomic mass is 16.5. The van der Waals surface area contributed by atoms with Crippen molar-refractivity contribution >= 4 is 16.5 Å². The van der Waals surface area contributed by atoms with Crippen LogP contribution in [0.1, 0.15) is 13.3 Å². The number of ether oxygens (including phenoxy) is 1. The molecule has 3 nitrogen and oxygen atoms in total. The van der Waals surface area contributed by atoms with Crippen LogP contribution in [0.3, 0.4) is 0 Å². The number of nitrogens with two attached hydrogens (primary N) is 1. The van der Waals surface area contributed by atoms with E-state index in [4.69, 9.17) is 10.5 Å². The molecule has 2 aromatic carbocycles. The molecule has 112 valence electrons. The largest absolute Gasteiger partial charge is 0.381 e. The van der Waals surface area contributed by atoms with Crippen molar-refractivity contribution in [1.29, 1.82) is 0 Å². The molecule has 0 bridgehead atoms. The molecule has 3 heteroatoms. The van der Waals surface area contributed by atoms with Gasteiger partial charge in [0.05, 0.1) is 6.61 Å². The second kappa shape index (κ2) is 6.46. The quantitative estimate of drug-likeness (QED) is 0.917. The number of hydrogen-bond acceptors (Lipinski definition) is 3. The predicted molar refractivity (Wildman–Crippen MR) is 88.7 cm³/mol. The Kier molecular flexibility index (Phi) is 4.42. The van der Waals surface area contributed by atoms with Crippen molar-refractivity contribution in [2.45, 2.75) is 19.4 Å². The van der Waals surface area contributed by atoms with Gasteiger partial charge in [-0.3, -0.25) is 0 Å². The third-order valence-electron chi connectivity index (χ3n) is 4.49. The standard InChI is InChI=1S/C18H24N2O/c1-2-20(12-17(19)15-10-11-21-13-15)18-9-5-7-14-6-3-4-8-16(14)18/h3-9,15,17H,2,10-13,19H2,1H3. The summed E-state index contributed by atoms with van der Waals surface area (Å²) in [6.45, 7) is 5.72. The van der Waals surface area contributed by atoms with Crippen LogP contribution < -0.4 is 10.6 Å². The van der Waals surface area contributed by atoms with E-state index in [9.17, 15) is 0 Å². The summed E-state index contributed by atoms with van der Waals surface area (Å²) in [6.07, 6.45) is 1.09. The minimum absolute atomic E-state index is 0.173. The van der Waals surface area contributed by atoms with Gasteiger partial charge in [-0.25, -0.2) is 0 Å². The molecule has 0 radical (unpaired) electrons. The monoisotopic (exact) mass is 284 g/mol. The van der Waals surface area contributed by atoms with Crippen LogP contribution in [-0.2, 0) is 4.74 Å². The zero-order chi connectivity index (χ0) is 14.7. The lowest BCUT2D eigenvalue weighted by molar-refractivity contribution is 0.181. The summed E-state index contributed by atoms with van der Waals surface area (Å²) < 4.78 is 5.47. The second-order valence-electron chi connectivity index (χ2n) is 5.82. The number of benzene rings is 2. The highest BCUT2D eigenvalue weighted by Gasteiger charge is 2.24. The zero-order valence-corrected chi connectivity index (χ0v) is 12.7. The van der Waals surface area contributed by atoms with Gasteiger partial charge in [0.25, 0.3) is 0 Å². The van der Waals surface area contributed by atoms with Crippen LogP contribution in [0.15, 0.2) is 42.5 Å². The molecule has 2 aromatic rings. The third-order valence-corrected chi connectivity index (χ3v) is 4.49. The van der Waals surface area contributed by atoms with Gasteiger partial charge >= 0.3 is 0 Å². The van der Waals surface area contributed by atoms with Crippen molar-refractivity contribution in [3.63, 3.8) is 0 Å². The lowest BCUT2D eigenvalue weighted by Crippen LogP contribution is -2.42.